The molecule has 10 heavy (non-hydrogen) atoms. The molecule has 1 rings (SSSR count). The van der Waals surface area contributed by atoms with E-state index in [2.05, 4.69) is 11.8 Å². The molecule has 0 aromatic heterocycles. The van der Waals surface area contributed by atoms with Crippen LogP contribution in [0.25, 0.3) is 0 Å². The molecule has 1 saturated heterocycles. The zero-order valence-corrected chi connectivity index (χ0v) is 5.50. The van der Waals surface area contributed by atoms with Crippen LogP contribution in [0.5, 0.6) is 0 Å². The van der Waals surface area contributed by atoms with Gasteiger partial charge >= 0.3 is 6.09 Å². The van der Waals surface area contributed by atoms with E-state index in [1.807, 2.05) is 0 Å². The van der Waals surface area contributed by atoms with Crippen LogP contribution in [0.2, 0.25) is 0 Å². The molecule has 0 aromatic carbocycles. The van der Waals surface area contributed by atoms with Crippen LogP contribution < -0.4 is 0 Å². The summed E-state index contributed by atoms with van der Waals surface area (Å²) < 4.78 is 4.12. The fourth-order valence-electron chi connectivity index (χ4n) is 0.919. The summed E-state index contributed by atoms with van der Waals surface area (Å²) >= 11 is 0. The van der Waals surface area contributed by atoms with Crippen molar-refractivity contribution in [1.82, 2.24) is 4.90 Å². The third-order valence-electron chi connectivity index (χ3n) is 1.42. The number of carbonyl (C=O) groups is 2. The maximum Gasteiger partial charge on any atom is 0.416 e. The third kappa shape index (κ3) is 1.10. The molecule has 1 heterocycles. The van der Waals surface area contributed by atoms with Crippen LogP contribution in [0.15, 0.2) is 0 Å². The van der Waals surface area contributed by atoms with Gasteiger partial charge < -0.3 is 4.74 Å². The molecule has 1 radical (unpaired) electrons. The van der Waals surface area contributed by atoms with Crippen molar-refractivity contribution in [2.45, 2.75) is 12.8 Å². The highest BCUT2D eigenvalue weighted by Gasteiger charge is 2.26. The lowest BCUT2D eigenvalue weighted by atomic mass is 10.4. The molecular formula is C6H8NO3. The molecule has 1 aliphatic rings. The molecule has 1 aliphatic heterocycles. The normalized spacial score (nSPS) is 17.7. The van der Waals surface area contributed by atoms with Gasteiger partial charge in [0.05, 0.1) is 0 Å². The summed E-state index contributed by atoms with van der Waals surface area (Å²) in [5.41, 5.74) is 0. The van der Waals surface area contributed by atoms with Crippen LogP contribution in [-0.2, 0) is 9.53 Å². The summed E-state index contributed by atoms with van der Waals surface area (Å²) in [4.78, 5) is 22.5. The van der Waals surface area contributed by atoms with Crippen LogP contribution in [0.3, 0.4) is 0 Å². The molecule has 4 heteroatoms. The Morgan fingerprint density at radius 2 is 2.40 bits per heavy atom. The smallest absolute Gasteiger partial charge is 0.416 e. The van der Waals surface area contributed by atoms with E-state index < -0.39 is 6.09 Å². The largest absolute Gasteiger partial charge is 0.445 e. The van der Waals surface area contributed by atoms with Crippen molar-refractivity contribution in [3.63, 3.8) is 0 Å². The molecular weight excluding hydrogens is 134 g/mol. The average Bonchev–Trinajstić information content (AvgIpc) is 2.34. The maximum absolute atomic E-state index is 10.8. The number of rotatable bonds is 0. The first kappa shape index (κ1) is 7.05. The molecule has 0 aliphatic carbocycles. The minimum Gasteiger partial charge on any atom is -0.445 e. The number of imide groups is 1. The van der Waals surface area contributed by atoms with E-state index in [0.29, 0.717) is 13.0 Å². The van der Waals surface area contributed by atoms with Crippen molar-refractivity contribution >= 4 is 12.0 Å². The molecule has 2 amide bonds. The standard InChI is InChI=1S/C6H8NO3/c1-10-6(9)7-4-2-3-5(7)8/h1-4H2. The van der Waals surface area contributed by atoms with Crippen LogP contribution >= 0.6 is 0 Å². The lowest BCUT2D eigenvalue weighted by Crippen LogP contribution is -2.31. The molecule has 1 fully saturated rings. The first-order valence-electron chi connectivity index (χ1n) is 3.02. The van der Waals surface area contributed by atoms with Gasteiger partial charge in [-0.05, 0) is 6.42 Å². The predicted octanol–water partition coefficient (Wildman–Crippen LogP) is 0.537. The highest BCUT2D eigenvalue weighted by molar-refractivity contribution is 5.93. The summed E-state index contributed by atoms with van der Waals surface area (Å²) in [6, 6.07) is 0. The van der Waals surface area contributed by atoms with E-state index in [1.54, 1.807) is 0 Å². The molecule has 55 valence electrons. The van der Waals surface area contributed by atoms with Crippen LogP contribution in [-0.4, -0.2) is 23.4 Å². The predicted molar refractivity (Wildman–Crippen MR) is 32.8 cm³/mol. The van der Waals surface area contributed by atoms with Gasteiger partial charge in [0, 0.05) is 13.0 Å². The maximum atomic E-state index is 10.8. The van der Waals surface area contributed by atoms with E-state index in [-0.39, 0.29) is 5.91 Å². The summed E-state index contributed by atoms with van der Waals surface area (Å²) in [5, 5.41) is 0. The summed E-state index contributed by atoms with van der Waals surface area (Å²) in [6.45, 7) is 0.465. The van der Waals surface area contributed by atoms with Gasteiger partial charge in [-0.25, -0.2) is 9.69 Å². The van der Waals surface area contributed by atoms with Crippen LogP contribution in [0.1, 0.15) is 12.8 Å². The van der Waals surface area contributed by atoms with E-state index >= 15 is 0 Å². The SMILES string of the molecule is [CH2]OC(=O)N1CCCC1=O. The summed E-state index contributed by atoms with van der Waals surface area (Å²) in [5.74, 6) is -0.173. The Hall–Kier alpha value is -1.06. The van der Waals surface area contributed by atoms with Crippen molar-refractivity contribution in [3.05, 3.63) is 7.11 Å². The molecule has 0 spiro atoms. The first-order chi connectivity index (χ1) is 4.75. The Labute approximate surface area is 58.8 Å². The highest BCUT2D eigenvalue weighted by atomic mass is 16.5. The number of hydrogen-bond donors (Lipinski definition) is 0. The van der Waals surface area contributed by atoms with E-state index in [4.69, 9.17) is 0 Å². The topological polar surface area (TPSA) is 46.6 Å². The highest BCUT2D eigenvalue weighted by Crippen LogP contribution is 2.10. The number of ether oxygens (including phenoxy) is 1. The fourth-order valence-corrected chi connectivity index (χ4v) is 0.919. The second-order valence-electron chi connectivity index (χ2n) is 2.06. The van der Waals surface area contributed by atoms with Crippen molar-refractivity contribution in [3.8, 4) is 0 Å². The van der Waals surface area contributed by atoms with E-state index in [9.17, 15) is 9.59 Å². The Morgan fingerprint density at radius 3 is 2.80 bits per heavy atom. The molecule has 4 nitrogen and oxygen atoms in total. The minimum atomic E-state index is -0.650. The molecule has 0 saturated carbocycles. The third-order valence-corrected chi connectivity index (χ3v) is 1.42. The minimum absolute atomic E-state index is 0.173. The van der Waals surface area contributed by atoms with Crippen molar-refractivity contribution in [1.29, 1.82) is 0 Å². The second-order valence-corrected chi connectivity index (χ2v) is 2.06. The van der Waals surface area contributed by atoms with Gasteiger partial charge in [-0.2, -0.15) is 0 Å². The number of hydrogen-bond acceptors (Lipinski definition) is 3. The Morgan fingerprint density at radius 1 is 1.70 bits per heavy atom. The molecule has 0 unspecified atom stereocenters. The Kier molecular flexibility index (Phi) is 1.89. The second kappa shape index (κ2) is 2.68. The van der Waals surface area contributed by atoms with E-state index in [1.165, 1.54) is 0 Å². The zero-order valence-electron chi connectivity index (χ0n) is 5.50. The first-order valence-corrected chi connectivity index (χ1v) is 3.02. The molecule has 0 atom stereocenters. The van der Waals surface area contributed by atoms with Crippen molar-refractivity contribution in [2.24, 2.45) is 0 Å². The van der Waals surface area contributed by atoms with Gasteiger partial charge in [-0.15, -0.1) is 0 Å². The monoisotopic (exact) mass is 142 g/mol. The van der Waals surface area contributed by atoms with Crippen LogP contribution in [0, 0.1) is 7.11 Å². The lowest BCUT2D eigenvalue weighted by Gasteiger charge is -2.09. The Balaban J connectivity index is 2.55. The van der Waals surface area contributed by atoms with Crippen LogP contribution in [0.4, 0.5) is 4.79 Å². The quantitative estimate of drug-likeness (QED) is 0.495. The average molecular weight is 142 g/mol. The molecule has 0 N–H and O–H groups in total. The number of amides is 2. The summed E-state index contributed by atoms with van der Waals surface area (Å²) in [6.07, 6.45) is 0.519. The van der Waals surface area contributed by atoms with Gasteiger partial charge in [0.2, 0.25) is 5.91 Å². The van der Waals surface area contributed by atoms with Gasteiger partial charge in [0.1, 0.15) is 7.11 Å². The fraction of sp³-hybridized carbons (Fsp3) is 0.500. The number of likely N-dealkylation sites (tertiary alicyclic amines) is 1. The van der Waals surface area contributed by atoms with Crippen molar-refractivity contribution < 1.29 is 14.3 Å². The van der Waals surface area contributed by atoms with Crippen molar-refractivity contribution in [2.75, 3.05) is 6.54 Å². The molecule has 0 bridgehead atoms. The number of carbonyl (C=O) groups excluding carboxylic acids is 2. The number of nitrogens with zero attached hydrogens (tertiary/aromatic N) is 1. The molecule has 0 aromatic rings. The van der Waals surface area contributed by atoms with E-state index in [0.717, 1.165) is 11.3 Å². The summed E-state index contributed by atoms with van der Waals surface area (Å²) in [7, 11) is 2.92. The Bertz CT molecular complexity index is 166. The van der Waals surface area contributed by atoms with Gasteiger partial charge in [0.15, 0.2) is 0 Å². The van der Waals surface area contributed by atoms with Gasteiger partial charge in [-0.3, -0.25) is 4.79 Å². The zero-order chi connectivity index (χ0) is 7.56. The van der Waals surface area contributed by atoms with Gasteiger partial charge in [-0.1, -0.05) is 0 Å². The van der Waals surface area contributed by atoms with Gasteiger partial charge in [0.25, 0.3) is 0 Å². The lowest BCUT2D eigenvalue weighted by molar-refractivity contribution is -0.125.